The third kappa shape index (κ3) is 6.77. The summed E-state index contributed by atoms with van der Waals surface area (Å²) in [7, 11) is 1.17. The van der Waals surface area contributed by atoms with Gasteiger partial charge >= 0.3 is 12.2 Å². The predicted octanol–water partition coefficient (Wildman–Crippen LogP) is 3.25. The first-order chi connectivity index (χ1) is 10.4. The molecular formula is C15H21F3N2O3. The van der Waals surface area contributed by atoms with Crippen LogP contribution in [-0.2, 0) is 0 Å². The molecule has 2 N–H and O–H groups in total. The molecule has 0 saturated carbocycles. The molecule has 0 saturated heterocycles. The van der Waals surface area contributed by atoms with Gasteiger partial charge in [-0.05, 0) is 45.0 Å². The molecule has 0 bridgehead atoms. The number of alkyl halides is 3. The van der Waals surface area contributed by atoms with E-state index >= 15 is 0 Å². The number of carbonyl (C=O) groups excluding carboxylic acids is 1. The van der Waals surface area contributed by atoms with Crippen molar-refractivity contribution in [1.82, 2.24) is 4.90 Å². The standard InChI is InChI=1S/C15H21F3N2O3/c1-14(2,3)23-11-7-5-10(6-8-11)19-13(22)20(4)9-12(21)15(16,17)18/h5-8,12,21H,9H2,1-4H3,(H,19,22)/t12-/m1/s1. The van der Waals surface area contributed by atoms with Gasteiger partial charge in [-0.15, -0.1) is 0 Å². The van der Waals surface area contributed by atoms with E-state index in [0.29, 0.717) is 11.4 Å². The lowest BCUT2D eigenvalue weighted by Crippen LogP contribution is -2.43. The average molecular weight is 334 g/mol. The number of nitrogens with one attached hydrogen (secondary N) is 1. The lowest BCUT2D eigenvalue weighted by Gasteiger charge is -2.23. The van der Waals surface area contributed by atoms with Crippen molar-refractivity contribution >= 4 is 11.7 Å². The van der Waals surface area contributed by atoms with Crippen LogP contribution in [0.1, 0.15) is 20.8 Å². The number of benzene rings is 1. The van der Waals surface area contributed by atoms with Crippen molar-refractivity contribution in [2.45, 2.75) is 38.7 Å². The molecule has 130 valence electrons. The number of hydrogen-bond acceptors (Lipinski definition) is 3. The maximum Gasteiger partial charge on any atom is 0.416 e. The second-order valence-electron chi connectivity index (χ2n) is 6.11. The van der Waals surface area contributed by atoms with E-state index in [2.05, 4.69) is 5.32 Å². The number of rotatable bonds is 4. The van der Waals surface area contributed by atoms with Crippen molar-refractivity contribution in [3.05, 3.63) is 24.3 Å². The molecule has 5 nitrogen and oxygen atoms in total. The Labute approximate surface area is 133 Å². The van der Waals surface area contributed by atoms with Crippen LogP contribution >= 0.6 is 0 Å². The van der Waals surface area contributed by atoms with Crippen LogP contribution in [0.15, 0.2) is 24.3 Å². The first-order valence-electron chi connectivity index (χ1n) is 6.94. The number of halogens is 3. The lowest BCUT2D eigenvalue weighted by atomic mass is 10.2. The molecule has 2 amide bonds. The van der Waals surface area contributed by atoms with Gasteiger partial charge in [0.2, 0.25) is 0 Å². The summed E-state index contributed by atoms with van der Waals surface area (Å²) < 4.78 is 42.4. The van der Waals surface area contributed by atoms with E-state index in [0.717, 1.165) is 4.90 Å². The smallest absolute Gasteiger partial charge is 0.416 e. The molecular weight excluding hydrogens is 313 g/mol. The molecule has 1 atom stereocenters. The van der Waals surface area contributed by atoms with Gasteiger partial charge < -0.3 is 20.1 Å². The summed E-state index contributed by atoms with van der Waals surface area (Å²) in [6, 6.07) is 5.69. The number of hydrogen-bond donors (Lipinski definition) is 2. The number of likely N-dealkylation sites (N-methyl/N-ethyl adjacent to an activating group) is 1. The molecule has 0 heterocycles. The van der Waals surface area contributed by atoms with Crippen LogP contribution in [0, 0.1) is 0 Å². The Morgan fingerprint density at radius 2 is 1.78 bits per heavy atom. The van der Waals surface area contributed by atoms with E-state index in [9.17, 15) is 18.0 Å². The SMILES string of the molecule is CN(C[C@@H](O)C(F)(F)F)C(=O)Nc1ccc(OC(C)(C)C)cc1. The first-order valence-corrected chi connectivity index (χ1v) is 6.94. The maximum absolute atomic E-state index is 12.3. The summed E-state index contributed by atoms with van der Waals surface area (Å²) in [6.07, 6.45) is -7.35. The third-order valence-corrected chi connectivity index (χ3v) is 2.70. The molecule has 23 heavy (non-hydrogen) atoms. The molecule has 0 spiro atoms. The van der Waals surface area contributed by atoms with E-state index in [1.807, 2.05) is 20.8 Å². The van der Waals surface area contributed by atoms with Gasteiger partial charge in [0.25, 0.3) is 0 Å². The average Bonchev–Trinajstić information content (AvgIpc) is 2.38. The van der Waals surface area contributed by atoms with Gasteiger partial charge in [-0.1, -0.05) is 0 Å². The van der Waals surface area contributed by atoms with Crippen LogP contribution in [0.2, 0.25) is 0 Å². The Morgan fingerprint density at radius 1 is 1.26 bits per heavy atom. The molecule has 0 radical (unpaired) electrons. The number of amides is 2. The van der Waals surface area contributed by atoms with Gasteiger partial charge in [0, 0.05) is 12.7 Å². The number of carbonyl (C=O) groups is 1. The summed E-state index contributed by atoms with van der Waals surface area (Å²) in [5.74, 6) is 0.608. The molecule has 8 heteroatoms. The zero-order valence-corrected chi connectivity index (χ0v) is 13.4. The number of urea groups is 1. The quantitative estimate of drug-likeness (QED) is 0.888. The summed E-state index contributed by atoms with van der Waals surface area (Å²) >= 11 is 0. The van der Waals surface area contributed by atoms with Crippen molar-refractivity contribution in [2.75, 3.05) is 18.9 Å². The van der Waals surface area contributed by atoms with Crippen LogP contribution in [-0.4, -0.2) is 47.5 Å². The van der Waals surface area contributed by atoms with Crippen molar-refractivity contribution < 1.29 is 27.8 Å². The third-order valence-electron chi connectivity index (χ3n) is 2.70. The van der Waals surface area contributed by atoms with Crippen LogP contribution in [0.3, 0.4) is 0 Å². The molecule has 0 fully saturated rings. The van der Waals surface area contributed by atoms with Gasteiger partial charge in [-0.25, -0.2) is 4.79 Å². The van der Waals surface area contributed by atoms with Gasteiger partial charge in [-0.2, -0.15) is 13.2 Å². The largest absolute Gasteiger partial charge is 0.488 e. The molecule has 1 rings (SSSR count). The summed E-state index contributed by atoms with van der Waals surface area (Å²) in [5, 5.41) is 11.4. The van der Waals surface area contributed by atoms with E-state index in [-0.39, 0.29) is 5.60 Å². The Balaban J connectivity index is 2.60. The number of aliphatic hydroxyl groups is 1. The van der Waals surface area contributed by atoms with E-state index in [1.54, 1.807) is 24.3 Å². The predicted molar refractivity (Wildman–Crippen MR) is 80.5 cm³/mol. The van der Waals surface area contributed by atoms with Gasteiger partial charge in [0.15, 0.2) is 6.10 Å². The minimum atomic E-state index is -4.76. The Hall–Kier alpha value is -1.96. The molecule has 1 aromatic carbocycles. The zero-order valence-electron chi connectivity index (χ0n) is 13.4. The fraction of sp³-hybridized carbons (Fsp3) is 0.533. The van der Waals surface area contributed by atoms with E-state index in [1.165, 1.54) is 7.05 Å². The fourth-order valence-electron chi connectivity index (χ4n) is 1.62. The Morgan fingerprint density at radius 3 is 2.22 bits per heavy atom. The lowest BCUT2D eigenvalue weighted by molar-refractivity contribution is -0.205. The molecule has 0 aliphatic rings. The fourth-order valence-corrected chi connectivity index (χ4v) is 1.62. The summed E-state index contributed by atoms with van der Waals surface area (Å²) in [5.41, 5.74) is 0.0447. The Bertz CT molecular complexity index is 524. The Kier molecular flexibility index (Phi) is 5.87. The molecule has 1 aromatic rings. The molecule has 0 unspecified atom stereocenters. The van der Waals surface area contributed by atoms with Crippen LogP contribution in [0.25, 0.3) is 0 Å². The minimum absolute atomic E-state index is 0.362. The molecule has 0 aliphatic carbocycles. The monoisotopic (exact) mass is 334 g/mol. The highest BCUT2D eigenvalue weighted by atomic mass is 19.4. The first kappa shape index (κ1) is 19.1. The van der Waals surface area contributed by atoms with E-state index in [4.69, 9.17) is 9.84 Å². The number of aliphatic hydroxyl groups excluding tert-OH is 1. The molecule has 0 aliphatic heterocycles. The van der Waals surface area contributed by atoms with Crippen molar-refractivity contribution in [2.24, 2.45) is 0 Å². The highest BCUT2D eigenvalue weighted by Crippen LogP contribution is 2.22. The summed E-state index contributed by atoms with van der Waals surface area (Å²) in [4.78, 5) is 12.6. The minimum Gasteiger partial charge on any atom is -0.488 e. The number of anilines is 1. The topological polar surface area (TPSA) is 61.8 Å². The number of nitrogens with zero attached hydrogens (tertiary/aromatic N) is 1. The van der Waals surface area contributed by atoms with Crippen LogP contribution < -0.4 is 10.1 Å². The highest BCUT2D eigenvalue weighted by Gasteiger charge is 2.39. The second kappa shape index (κ2) is 7.08. The van der Waals surface area contributed by atoms with Crippen LogP contribution in [0.5, 0.6) is 5.75 Å². The van der Waals surface area contributed by atoms with Crippen molar-refractivity contribution in [1.29, 1.82) is 0 Å². The van der Waals surface area contributed by atoms with Crippen molar-refractivity contribution in [3.8, 4) is 5.75 Å². The number of ether oxygens (including phenoxy) is 1. The van der Waals surface area contributed by atoms with Gasteiger partial charge in [0.1, 0.15) is 11.4 Å². The van der Waals surface area contributed by atoms with Crippen LogP contribution in [0.4, 0.5) is 23.7 Å². The van der Waals surface area contributed by atoms with Gasteiger partial charge in [0.05, 0.1) is 6.54 Å². The normalized spacial score (nSPS) is 13.4. The van der Waals surface area contributed by atoms with Crippen molar-refractivity contribution in [3.63, 3.8) is 0 Å². The summed E-state index contributed by atoms with van der Waals surface area (Å²) in [6.45, 7) is 4.83. The van der Waals surface area contributed by atoms with Gasteiger partial charge in [-0.3, -0.25) is 0 Å². The maximum atomic E-state index is 12.3. The highest BCUT2D eigenvalue weighted by molar-refractivity contribution is 5.89. The zero-order chi connectivity index (χ0) is 17.8. The van der Waals surface area contributed by atoms with E-state index < -0.39 is 24.9 Å². The second-order valence-corrected chi connectivity index (χ2v) is 6.11. The molecule has 0 aromatic heterocycles.